The molecule has 2 rings (SSSR count). The molecule has 0 saturated carbocycles. The van der Waals surface area contributed by atoms with Crippen LogP contribution < -0.4 is 5.32 Å². The fourth-order valence-corrected chi connectivity index (χ4v) is 2.39. The third-order valence-electron chi connectivity index (χ3n) is 3.37. The number of nitrogens with one attached hydrogen (secondary N) is 1. The number of unbranched alkanes of at least 4 members (excludes halogenated alkanes) is 3. The molecule has 1 N–H and O–H groups in total. The lowest BCUT2D eigenvalue weighted by atomic mass is 10.1. The summed E-state index contributed by atoms with van der Waals surface area (Å²) in [6.07, 6.45) is 5.14. The van der Waals surface area contributed by atoms with Crippen LogP contribution in [0.5, 0.6) is 0 Å². The number of halogens is 1. The Morgan fingerprint density at radius 2 is 1.76 bits per heavy atom. The summed E-state index contributed by atoms with van der Waals surface area (Å²) < 4.78 is 1.07. The van der Waals surface area contributed by atoms with Crippen LogP contribution in [0.15, 0.2) is 40.9 Å². The average Bonchev–Trinajstić information content (AvgIpc) is 2.52. The van der Waals surface area contributed by atoms with Gasteiger partial charge in [-0.25, -0.2) is 0 Å². The van der Waals surface area contributed by atoms with Crippen LogP contribution in [0.4, 0.5) is 0 Å². The Bertz CT molecular complexity index is 523. The van der Waals surface area contributed by atoms with Crippen LogP contribution >= 0.6 is 15.9 Å². The quantitative estimate of drug-likeness (QED) is 0.710. The topological polar surface area (TPSA) is 37.8 Å². The van der Waals surface area contributed by atoms with Crippen molar-refractivity contribution < 1.29 is 0 Å². The van der Waals surface area contributed by atoms with E-state index < -0.39 is 0 Å². The zero-order valence-corrected chi connectivity index (χ0v) is 14.1. The van der Waals surface area contributed by atoms with Crippen LogP contribution in [0.2, 0.25) is 0 Å². The standard InChI is InChI=1S/C17H22BrN3/c1-2-3-4-5-12-19-13-16-10-11-17(21-20-16)14-6-8-15(18)9-7-14/h6-11,19H,2-5,12-13H2,1H3. The Morgan fingerprint density at radius 3 is 2.43 bits per heavy atom. The van der Waals surface area contributed by atoms with E-state index in [0.29, 0.717) is 0 Å². The van der Waals surface area contributed by atoms with Crippen molar-refractivity contribution in [3.63, 3.8) is 0 Å². The van der Waals surface area contributed by atoms with Crippen LogP contribution in [-0.2, 0) is 6.54 Å². The van der Waals surface area contributed by atoms with Gasteiger partial charge in [-0.3, -0.25) is 0 Å². The van der Waals surface area contributed by atoms with Gasteiger partial charge in [-0.1, -0.05) is 54.2 Å². The van der Waals surface area contributed by atoms with Crippen molar-refractivity contribution in [2.75, 3.05) is 6.54 Å². The predicted octanol–water partition coefficient (Wildman–Crippen LogP) is 4.58. The van der Waals surface area contributed by atoms with Crippen molar-refractivity contribution in [2.24, 2.45) is 0 Å². The molecule has 0 saturated heterocycles. The summed E-state index contributed by atoms with van der Waals surface area (Å²) in [6, 6.07) is 12.2. The second-order valence-electron chi connectivity index (χ2n) is 5.15. The fourth-order valence-electron chi connectivity index (χ4n) is 2.12. The van der Waals surface area contributed by atoms with E-state index in [9.17, 15) is 0 Å². The Hall–Kier alpha value is -1.26. The lowest BCUT2D eigenvalue weighted by molar-refractivity contribution is 0.591. The van der Waals surface area contributed by atoms with E-state index in [1.54, 1.807) is 0 Å². The largest absolute Gasteiger partial charge is 0.311 e. The van der Waals surface area contributed by atoms with Gasteiger partial charge >= 0.3 is 0 Å². The molecule has 0 spiro atoms. The smallest absolute Gasteiger partial charge is 0.0929 e. The molecule has 0 aliphatic rings. The molecule has 21 heavy (non-hydrogen) atoms. The van der Waals surface area contributed by atoms with Crippen molar-refractivity contribution in [1.29, 1.82) is 0 Å². The normalized spacial score (nSPS) is 10.8. The van der Waals surface area contributed by atoms with E-state index in [0.717, 1.165) is 34.5 Å². The van der Waals surface area contributed by atoms with E-state index in [2.05, 4.69) is 38.4 Å². The summed E-state index contributed by atoms with van der Waals surface area (Å²) in [6.45, 7) is 4.08. The zero-order chi connectivity index (χ0) is 14.9. The van der Waals surface area contributed by atoms with Crippen LogP contribution in [0.1, 0.15) is 38.3 Å². The molecule has 0 aliphatic heterocycles. The van der Waals surface area contributed by atoms with E-state index in [1.165, 1.54) is 25.7 Å². The molecule has 0 radical (unpaired) electrons. The minimum atomic E-state index is 0.791. The van der Waals surface area contributed by atoms with Crippen molar-refractivity contribution in [3.8, 4) is 11.3 Å². The predicted molar refractivity (Wildman–Crippen MR) is 91.0 cm³/mol. The summed E-state index contributed by atoms with van der Waals surface area (Å²) in [4.78, 5) is 0. The third kappa shape index (κ3) is 5.56. The number of rotatable bonds is 8. The van der Waals surface area contributed by atoms with Gasteiger partial charge in [-0.2, -0.15) is 10.2 Å². The molecular weight excluding hydrogens is 326 g/mol. The first-order valence-electron chi connectivity index (χ1n) is 7.59. The molecule has 0 bridgehead atoms. The van der Waals surface area contributed by atoms with Gasteiger partial charge in [-0.05, 0) is 37.2 Å². The molecule has 112 valence electrons. The van der Waals surface area contributed by atoms with E-state index >= 15 is 0 Å². The molecule has 0 unspecified atom stereocenters. The van der Waals surface area contributed by atoms with Gasteiger partial charge in [0.25, 0.3) is 0 Å². The molecule has 0 fully saturated rings. The summed E-state index contributed by atoms with van der Waals surface area (Å²) in [5, 5.41) is 12.0. The summed E-state index contributed by atoms with van der Waals surface area (Å²) in [5.74, 6) is 0. The molecule has 4 heteroatoms. The highest BCUT2D eigenvalue weighted by Crippen LogP contribution is 2.19. The van der Waals surface area contributed by atoms with Crippen LogP contribution in [0, 0.1) is 0 Å². The van der Waals surface area contributed by atoms with Gasteiger partial charge in [0, 0.05) is 16.6 Å². The van der Waals surface area contributed by atoms with Gasteiger partial charge in [0.1, 0.15) is 0 Å². The Morgan fingerprint density at radius 1 is 0.952 bits per heavy atom. The van der Waals surface area contributed by atoms with E-state index in [1.807, 2.05) is 36.4 Å². The van der Waals surface area contributed by atoms with Gasteiger partial charge in [0.05, 0.1) is 11.4 Å². The minimum Gasteiger partial charge on any atom is -0.311 e. The maximum Gasteiger partial charge on any atom is 0.0929 e. The third-order valence-corrected chi connectivity index (χ3v) is 3.90. The molecule has 3 nitrogen and oxygen atoms in total. The molecule has 0 atom stereocenters. The molecule has 2 aromatic rings. The van der Waals surface area contributed by atoms with Crippen molar-refractivity contribution >= 4 is 15.9 Å². The molecule has 0 aliphatic carbocycles. The number of benzene rings is 1. The number of hydrogen-bond acceptors (Lipinski definition) is 3. The van der Waals surface area contributed by atoms with Crippen molar-refractivity contribution in [2.45, 2.75) is 39.2 Å². The molecule has 1 aromatic heterocycles. The first kappa shape index (κ1) is 16.1. The SMILES string of the molecule is CCCCCCNCc1ccc(-c2ccc(Br)cc2)nn1. The molecular formula is C17H22BrN3. The zero-order valence-electron chi connectivity index (χ0n) is 12.5. The lowest BCUT2D eigenvalue weighted by Crippen LogP contribution is -2.15. The van der Waals surface area contributed by atoms with Gasteiger partial charge in [-0.15, -0.1) is 0 Å². The number of nitrogens with zero attached hydrogens (tertiary/aromatic N) is 2. The first-order valence-corrected chi connectivity index (χ1v) is 8.38. The maximum atomic E-state index is 4.30. The highest BCUT2D eigenvalue weighted by atomic mass is 79.9. The van der Waals surface area contributed by atoms with Gasteiger partial charge in [0.15, 0.2) is 0 Å². The van der Waals surface area contributed by atoms with E-state index in [-0.39, 0.29) is 0 Å². The maximum absolute atomic E-state index is 4.30. The fraction of sp³-hybridized carbons (Fsp3) is 0.412. The Labute approximate surface area is 135 Å². The van der Waals surface area contributed by atoms with E-state index in [4.69, 9.17) is 0 Å². The molecule has 1 aromatic carbocycles. The highest BCUT2D eigenvalue weighted by molar-refractivity contribution is 9.10. The first-order chi connectivity index (χ1) is 10.3. The summed E-state index contributed by atoms with van der Waals surface area (Å²) in [7, 11) is 0. The van der Waals surface area contributed by atoms with Crippen molar-refractivity contribution in [1.82, 2.24) is 15.5 Å². The average molecular weight is 348 g/mol. The Kier molecular flexibility index (Phi) is 6.83. The van der Waals surface area contributed by atoms with Crippen LogP contribution in [0.3, 0.4) is 0 Å². The second kappa shape index (κ2) is 8.90. The van der Waals surface area contributed by atoms with Crippen molar-refractivity contribution in [3.05, 3.63) is 46.6 Å². The van der Waals surface area contributed by atoms with Gasteiger partial charge < -0.3 is 5.32 Å². The molecule has 1 heterocycles. The summed E-state index contributed by atoms with van der Waals surface area (Å²) in [5.41, 5.74) is 2.99. The minimum absolute atomic E-state index is 0.791. The lowest BCUT2D eigenvalue weighted by Gasteiger charge is -2.05. The highest BCUT2D eigenvalue weighted by Gasteiger charge is 2.01. The second-order valence-corrected chi connectivity index (χ2v) is 6.07. The number of hydrogen-bond donors (Lipinski definition) is 1. The van der Waals surface area contributed by atoms with Crippen LogP contribution in [-0.4, -0.2) is 16.7 Å². The molecule has 0 amide bonds. The Balaban J connectivity index is 1.80. The summed E-state index contributed by atoms with van der Waals surface area (Å²) >= 11 is 3.44. The number of aromatic nitrogens is 2. The monoisotopic (exact) mass is 347 g/mol. The van der Waals surface area contributed by atoms with Crippen LogP contribution in [0.25, 0.3) is 11.3 Å². The van der Waals surface area contributed by atoms with Gasteiger partial charge in [0.2, 0.25) is 0 Å².